The molecule has 0 aliphatic carbocycles. The molecule has 0 amide bonds. The summed E-state index contributed by atoms with van der Waals surface area (Å²) in [5, 5.41) is 22.3. The first-order chi connectivity index (χ1) is 6.88. The Morgan fingerprint density at radius 3 is 1.40 bits per heavy atom. The van der Waals surface area contributed by atoms with Gasteiger partial charge >= 0.3 is 39.3 Å². The molecule has 15 heavy (non-hydrogen) atoms. The van der Waals surface area contributed by atoms with Gasteiger partial charge in [-0.15, -0.1) is 0 Å². The summed E-state index contributed by atoms with van der Waals surface area (Å²) in [5.41, 5.74) is 0. The van der Waals surface area contributed by atoms with Gasteiger partial charge in [-0.05, 0) is 6.92 Å². The predicted octanol–water partition coefficient (Wildman–Crippen LogP) is -1.36. The number of carbonyl (C=O) groups is 3. The summed E-state index contributed by atoms with van der Waals surface area (Å²) in [6.45, 7) is 5.24. The zero-order chi connectivity index (χ0) is 12.4. The van der Waals surface area contributed by atoms with E-state index in [-0.39, 0.29) is 0 Å². The molecule has 0 radical (unpaired) electrons. The Kier molecular flexibility index (Phi) is 10.7. The summed E-state index contributed by atoms with van der Waals surface area (Å²) in [5.74, 6) is -7.01. The van der Waals surface area contributed by atoms with Crippen LogP contribution in [0.4, 0.5) is 0 Å². The summed E-state index contributed by atoms with van der Waals surface area (Å²) < 4.78 is 0. The zero-order valence-corrected chi connectivity index (χ0v) is 9.91. The molecule has 0 aliphatic rings. The molecule has 0 unspecified atom stereocenters. The van der Waals surface area contributed by atoms with Gasteiger partial charge < -0.3 is 19.8 Å². The molecule has 0 aromatic carbocycles. The fourth-order valence-corrected chi connectivity index (χ4v) is 1.12. The standard InChI is InChI=1S/C5H6O5.2C2H5.Co/c1-2(6)3(4(7)8)5(9)10;2*1-2;/h3H,1H3,(H,7,8)(H,9,10);2*1H2,2H3;/q;;;+2/p-2. The average Bonchev–Trinajstić information content (AvgIpc) is 2.03. The first-order valence-corrected chi connectivity index (χ1v) is 5.74. The van der Waals surface area contributed by atoms with Crippen LogP contribution >= 0.6 is 0 Å². The molecule has 0 N–H and O–H groups in total. The number of aliphatic carboxylic acids is 2. The van der Waals surface area contributed by atoms with Crippen LogP contribution in [0.15, 0.2) is 0 Å². The molecule has 6 heteroatoms. The van der Waals surface area contributed by atoms with E-state index in [1.807, 2.05) is 0 Å². The van der Waals surface area contributed by atoms with Crippen LogP contribution < -0.4 is 10.2 Å². The predicted molar refractivity (Wildman–Crippen MR) is 45.1 cm³/mol. The summed E-state index contributed by atoms with van der Waals surface area (Å²) in [4.78, 5) is 29.8. The number of ketones is 1. The molecule has 0 bridgehead atoms. The van der Waals surface area contributed by atoms with Gasteiger partial charge in [-0.2, -0.15) is 0 Å². The van der Waals surface area contributed by atoms with Gasteiger partial charge in [0.1, 0.15) is 5.78 Å². The molecule has 0 aromatic rings. The minimum atomic E-state index is -2.14. The van der Waals surface area contributed by atoms with Crippen LogP contribution in [0.25, 0.3) is 0 Å². The number of rotatable bonds is 5. The number of carbonyl (C=O) groups excluding carboxylic acids is 3. The Hall–Kier alpha value is -0.884. The molecule has 0 saturated carbocycles. The summed E-state index contributed by atoms with van der Waals surface area (Å²) in [6, 6.07) is 0. The number of carboxylic acids is 2. The van der Waals surface area contributed by atoms with Crippen LogP contribution in [-0.2, 0) is 29.1 Å². The number of hydrogen-bond acceptors (Lipinski definition) is 5. The SMILES string of the molecule is CC(=O)C(C(=O)[O-])C(=O)[O-].C[CH2][Co+2][CH2]C. The quantitative estimate of drug-likeness (QED) is 0.569. The molecule has 0 aliphatic heterocycles. The van der Waals surface area contributed by atoms with E-state index >= 15 is 0 Å². The molecule has 5 nitrogen and oxygen atoms in total. The van der Waals surface area contributed by atoms with Crippen molar-refractivity contribution in [2.24, 2.45) is 5.92 Å². The van der Waals surface area contributed by atoms with Gasteiger partial charge in [0.05, 0.1) is 17.9 Å². The van der Waals surface area contributed by atoms with Gasteiger partial charge in [0.2, 0.25) is 0 Å². The van der Waals surface area contributed by atoms with Gasteiger partial charge in [-0.25, -0.2) is 0 Å². The molecular weight excluding hydrogens is 247 g/mol. The van der Waals surface area contributed by atoms with E-state index in [1.54, 1.807) is 14.7 Å². The van der Waals surface area contributed by atoms with Crippen LogP contribution in [-0.4, -0.2) is 17.7 Å². The Morgan fingerprint density at radius 2 is 1.40 bits per heavy atom. The van der Waals surface area contributed by atoms with Crippen LogP contribution in [0.5, 0.6) is 0 Å². The van der Waals surface area contributed by atoms with E-state index in [1.165, 1.54) is 10.7 Å². The Labute approximate surface area is 94.8 Å². The Bertz CT molecular complexity index is 191. The summed E-state index contributed by atoms with van der Waals surface area (Å²) in [6.07, 6.45) is 0. The van der Waals surface area contributed by atoms with E-state index in [0.717, 1.165) is 6.92 Å². The molecule has 0 heterocycles. The van der Waals surface area contributed by atoms with Crippen molar-refractivity contribution in [1.29, 1.82) is 0 Å². The van der Waals surface area contributed by atoms with Gasteiger partial charge in [-0.3, -0.25) is 4.79 Å². The van der Waals surface area contributed by atoms with Crippen molar-refractivity contribution in [3.05, 3.63) is 0 Å². The van der Waals surface area contributed by atoms with Gasteiger partial charge in [-0.1, -0.05) is 0 Å². The van der Waals surface area contributed by atoms with Crippen molar-refractivity contribution in [2.45, 2.75) is 31.5 Å². The van der Waals surface area contributed by atoms with Crippen LogP contribution in [0.1, 0.15) is 20.8 Å². The Morgan fingerprint density at radius 1 is 1.07 bits per heavy atom. The van der Waals surface area contributed by atoms with Crippen LogP contribution in [0.2, 0.25) is 10.7 Å². The number of carboxylic acid groups (broad SMARTS) is 2. The molecule has 89 valence electrons. The van der Waals surface area contributed by atoms with Crippen molar-refractivity contribution in [3.8, 4) is 0 Å². The second kappa shape index (κ2) is 9.66. The third-order valence-corrected chi connectivity index (χ3v) is 2.25. The van der Waals surface area contributed by atoms with Gasteiger partial charge in [0, 0.05) is 0 Å². The Balaban J connectivity index is 0. The van der Waals surface area contributed by atoms with Gasteiger partial charge in [0.15, 0.2) is 0 Å². The first kappa shape index (κ1) is 16.5. The van der Waals surface area contributed by atoms with E-state index in [4.69, 9.17) is 0 Å². The summed E-state index contributed by atoms with van der Waals surface area (Å²) in [7, 11) is 0. The van der Waals surface area contributed by atoms with Gasteiger partial charge in [0.25, 0.3) is 0 Å². The van der Waals surface area contributed by atoms with Crippen LogP contribution in [0.3, 0.4) is 0 Å². The van der Waals surface area contributed by atoms with Crippen LogP contribution in [0, 0.1) is 5.92 Å². The van der Waals surface area contributed by atoms with Crippen molar-refractivity contribution in [3.63, 3.8) is 0 Å². The van der Waals surface area contributed by atoms with E-state index in [0.29, 0.717) is 0 Å². The van der Waals surface area contributed by atoms with Crippen molar-refractivity contribution in [1.82, 2.24) is 0 Å². The second-order valence-corrected chi connectivity index (χ2v) is 4.31. The molecule has 0 saturated heterocycles. The van der Waals surface area contributed by atoms with E-state index < -0.39 is 23.6 Å². The molecule has 0 spiro atoms. The monoisotopic (exact) mass is 261 g/mol. The molecule has 0 aromatic heterocycles. The minimum absolute atomic E-state index is 0.844. The third-order valence-electron chi connectivity index (χ3n) is 1.21. The van der Waals surface area contributed by atoms with Crippen molar-refractivity contribution < 1.29 is 39.3 Å². The molecule has 0 rings (SSSR count). The average molecular weight is 261 g/mol. The maximum absolute atomic E-state index is 10.2. The normalized spacial score (nSPS) is 9.07. The third kappa shape index (κ3) is 9.42. The summed E-state index contributed by atoms with van der Waals surface area (Å²) >= 11 is 1.60. The number of hydrogen-bond donors (Lipinski definition) is 0. The molecular formula is C9H14CoO5. The molecule has 0 atom stereocenters. The first-order valence-electron chi connectivity index (χ1n) is 4.27. The topological polar surface area (TPSA) is 97.3 Å². The number of Topliss-reactive ketones (excluding diaryl/α,β-unsaturated/α-hetero) is 1. The van der Waals surface area contributed by atoms with Crippen molar-refractivity contribution in [2.75, 3.05) is 0 Å². The fourth-order valence-electron chi connectivity index (χ4n) is 0.595. The molecule has 0 fully saturated rings. The van der Waals surface area contributed by atoms with E-state index in [2.05, 4.69) is 13.8 Å². The fraction of sp³-hybridized carbons (Fsp3) is 0.667. The zero-order valence-electron chi connectivity index (χ0n) is 8.87. The van der Waals surface area contributed by atoms with Crippen molar-refractivity contribution >= 4 is 17.7 Å². The second-order valence-electron chi connectivity index (χ2n) is 2.32. The maximum atomic E-state index is 10.2. The van der Waals surface area contributed by atoms with E-state index in [9.17, 15) is 24.6 Å².